The molecule has 3 aromatic heterocycles. The van der Waals surface area contributed by atoms with E-state index >= 15 is 0 Å². The van der Waals surface area contributed by atoms with Crippen LogP contribution in [0.3, 0.4) is 0 Å². The molecule has 0 aliphatic heterocycles. The van der Waals surface area contributed by atoms with Crippen LogP contribution in [-0.2, 0) is 13.6 Å². The molecule has 7 nitrogen and oxygen atoms in total. The zero-order valence-electron chi connectivity index (χ0n) is 14.9. The van der Waals surface area contributed by atoms with Crippen molar-refractivity contribution in [2.45, 2.75) is 33.7 Å². The average molecular weight is 335 g/mol. The van der Waals surface area contributed by atoms with Crippen LogP contribution < -0.4 is 5.73 Å². The largest absolute Gasteiger partial charge is 0.383 e. The van der Waals surface area contributed by atoms with E-state index in [2.05, 4.69) is 28.2 Å². The molecule has 0 saturated heterocycles. The Bertz CT molecular complexity index is 972. The number of aromatic nitrogens is 5. The molecule has 2 N–H and O–H groups in total. The topological polar surface area (TPSA) is 98.3 Å². The molecule has 25 heavy (non-hydrogen) atoms. The van der Waals surface area contributed by atoms with Crippen LogP contribution in [-0.4, -0.2) is 24.5 Å². The Morgan fingerprint density at radius 1 is 1.28 bits per heavy atom. The molecule has 0 unspecified atom stereocenters. The molecular weight excluding hydrogens is 314 g/mol. The van der Waals surface area contributed by atoms with Crippen molar-refractivity contribution in [2.24, 2.45) is 7.05 Å². The quantitative estimate of drug-likeness (QED) is 0.790. The monoisotopic (exact) mass is 335 g/mol. The molecule has 3 heterocycles. The molecule has 0 atom stereocenters. The zero-order chi connectivity index (χ0) is 18.1. The van der Waals surface area contributed by atoms with E-state index in [0.717, 1.165) is 46.6 Å². The van der Waals surface area contributed by atoms with Crippen molar-refractivity contribution in [1.82, 2.24) is 24.5 Å². The average Bonchev–Trinajstić information content (AvgIpc) is 3.15. The van der Waals surface area contributed by atoms with E-state index in [4.69, 9.17) is 5.73 Å². The first-order valence-corrected chi connectivity index (χ1v) is 8.19. The predicted molar refractivity (Wildman–Crippen MR) is 96.6 cm³/mol. The second kappa shape index (κ2) is 6.40. The molecular formula is C18H21N7. The lowest BCUT2D eigenvalue weighted by molar-refractivity contribution is 0.598. The van der Waals surface area contributed by atoms with Crippen molar-refractivity contribution in [3.63, 3.8) is 0 Å². The maximum atomic E-state index is 9.64. The lowest BCUT2D eigenvalue weighted by Crippen LogP contribution is -2.03. The highest BCUT2D eigenvalue weighted by Gasteiger charge is 2.21. The summed E-state index contributed by atoms with van der Waals surface area (Å²) in [4.78, 5) is 4.46. The fourth-order valence-electron chi connectivity index (χ4n) is 3.08. The molecule has 7 heteroatoms. The SMILES string of the molecule is CCCn1cc(-c2c(C)c(-c3cnn(C)c3)nc(N)c2C#N)c(C)n1. The van der Waals surface area contributed by atoms with Gasteiger partial charge in [-0.15, -0.1) is 0 Å². The van der Waals surface area contributed by atoms with Gasteiger partial charge in [-0.1, -0.05) is 6.92 Å². The van der Waals surface area contributed by atoms with Crippen molar-refractivity contribution < 1.29 is 0 Å². The minimum atomic E-state index is 0.226. The first kappa shape index (κ1) is 16.7. The summed E-state index contributed by atoms with van der Waals surface area (Å²) < 4.78 is 3.63. The Morgan fingerprint density at radius 2 is 2.04 bits per heavy atom. The molecule has 0 amide bonds. The van der Waals surface area contributed by atoms with Crippen molar-refractivity contribution in [3.05, 3.63) is 35.4 Å². The number of hydrogen-bond donors (Lipinski definition) is 1. The van der Waals surface area contributed by atoms with Gasteiger partial charge in [-0.05, 0) is 25.8 Å². The van der Waals surface area contributed by atoms with Crippen molar-refractivity contribution in [1.29, 1.82) is 5.26 Å². The van der Waals surface area contributed by atoms with Crippen molar-refractivity contribution in [2.75, 3.05) is 5.73 Å². The van der Waals surface area contributed by atoms with Crippen LogP contribution in [0.2, 0.25) is 0 Å². The number of nitrogens with zero attached hydrogens (tertiary/aromatic N) is 6. The van der Waals surface area contributed by atoms with Gasteiger partial charge in [0.25, 0.3) is 0 Å². The third-order valence-electron chi connectivity index (χ3n) is 4.23. The van der Waals surface area contributed by atoms with Crippen LogP contribution in [0.25, 0.3) is 22.4 Å². The van der Waals surface area contributed by atoms with E-state index in [1.54, 1.807) is 10.9 Å². The number of anilines is 1. The number of rotatable bonds is 4. The van der Waals surface area contributed by atoms with E-state index in [-0.39, 0.29) is 5.82 Å². The van der Waals surface area contributed by atoms with Gasteiger partial charge in [-0.25, -0.2) is 4.98 Å². The summed E-state index contributed by atoms with van der Waals surface area (Å²) in [5.74, 6) is 0.226. The number of hydrogen-bond acceptors (Lipinski definition) is 5. The molecule has 0 saturated carbocycles. The zero-order valence-corrected chi connectivity index (χ0v) is 14.9. The predicted octanol–water partition coefficient (Wildman–Crippen LogP) is 2.83. The summed E-state index contributed by atoms with van der Waals surface area (Å²) >= 11 is 0. The molecule has 0 aliphatic carbocycles. The third kappa shape index (κ3) is 2.87. The van der Waals surface area contributed by atoms with Gasteiger partial charge in [0.15, 0.2) is 0 Å². The van der Waals surface area contributed by atoms with Crippen LogP contribution in [0.5, 0.6) is 0 Å². The Hall–Kier alpha value is -3.14. The number of nitrogen functional groups attached to an aromatic ring is 1. The van der Waals surface area contributed by atoms with Gasteiger partial charge in [0.05, 0.1) is 17.6 Å². The molecule has 0 radical (unpaired) electrons. The standard InChI is InChI=1S/C18H21N7/c1-5-6-25-10-15(12(3)23-25)16-11(2)17(13-8-21-24(4)9-13)22-18(20)14(16)7-19/h8-10H,5-6H2,1-4H3,(H2,20,22). The van der Waals surface area contributed by atoms with Crippen molar-refractivity contribution >= 4 is 5.82 Å². The second-order valence-corrected chi connectivity index (χ2v) is 6.13. The Morgan fingerprint density at radius 3 is 2.64 bits per heavy atom. The molecule has 0 bridgehead atoms. The van der Waals surface area contributed by atoms with E-state index in [1.807, 2.05) is 38.0 Å². The summed E-state index contributed by atoms with van der Waals surface area (Å²) in [5.41, 5.74) is 11.6. The van der Waals surface area contributed by atoms with Crippen LogP contribution in [0, 0.1) is 25.2 Å². The van der Waals surface area contributed by atoms with Gasteiger partial charge >= 0.3 is 0 Å². The summed E-state index contributed by atoms with van der Waals surface area (Å²) in [6, 6.07) is 2.21. The Balaban J connectivity index is 2.28. The van der Waals surface area contributed by atoms with Gasteiger partial charge in [0.2, 0.25) is 0 Å². The fourth-order valence-corrected chi connectivity index (χ4v) is 3.08. The summed E-state index contributed by atoms with van der Waals surface area (Å²) in [7, 11) is 1.85. The number of pyridine rings is 1. The van der Waals surface area contributed by atoms with Gasteiger partial charge in [0.1, 0.15) is 17.5 Å². The Labute approximate surface area is 146 Å². The minimum Gasteiger partial charge on any atom is -0.383 e. The lowest BCUT2D eigenvalue weighted by Gasteiger charge is -2.13. The van der Waals surface area contributed by atoms with Crippen LogP contribution in [0.1, 0.15) is 30.2 Å². The second-order valence-electron chi connectivity index (χ2n) is 6.13. The van der Waals surface area contributed by atoms with E-state index < -0.39 is 0 Å². The summed E-state index contributed by atoms with van der Waals surface area (Å²) in [6.07, 6.45) is 6.61. The van der Waals surface area contributed by atoms with Crippen LogP contribution in [0.4, 0.5) is 5.82 Å². The number of nitrogens with two attached hydrogens (primary N) is 1. The molecule has 3 rings (SSSR count). The maximum absolute atomic E-state index is 9.64. The normalized spacial score (nSPS) is 10.8. The highest BCUT2D eigenvalue weighted by atomic mass is 15.3. The van der Waals surface area contributed by atoms with Crippen LogP contribution in [0.15, 0.2) is 18.6 Å². The summed E-state index contributed by atoms with van der Waals surface area (Å²) in [6.45, 7) is 6.84. The van der Waals surface area contributed by atoms with Crippen molar-refractivity contribution in [3.8, 4) is 28.5 Å². The smallest absolute Gasteiger partial charge is 0.142 e. The van der Waals surface area contributed by atoms with Gasteiger partial charge in [0, 0.05) is 42.7 Å². The van der Waals surface area contributed by atoms with E-state index in [9.17, 15) is 5.26 Å². The van der Waals surface area contributed by atoms with Crippen LogP contribution >= 0.6 is 0 Å². The molecule has 0 fully saturated rings. The van der Waals surface area contributed by atoms with Gasteiger partial charge < -0.3 is 5.73 Å². The molecule has 0 spiro atoms. The lowest BCUT2D eigenvalue weighted by atomic mass is 9.94. The highest BCUT2D eigenvalue weighted by molar-refractivity contribution is 5.84. The van der Waals surface area contributed by atoms with Gasteiger partial charge in [-0.3, -0.25) is 9.36 Å². The maximum Gasteiger partial charge on any atom is 0.142 e. The highest BCUT2D eigenvalue weighted by Crippen LogP contribution is 2.36. The number of aryl methyl sites for hydroxylation is 3. The summed E-state index contributed by atoms with van der Waals surface area (Å²) in [5, 5.41) is 18.4. The third-order valence-corrected chi connectivity index (χ3v) is 4.23. The first-order valence-electron chi connectivity index (χ1n) is 8.19. The van der Waals surface area contributed by atoms with Gasteiger partial charge in [-0.2, -0.15) is 15.5 Å². The molecule has 0 aromatic carbocycles. The fraction of sp³-hybridized carbons (Fsp3) is 0.333. The first-order chi connectivity index (χ1) is 12.0. The number of nitriles is 1. The Kier molecular flexibility index (Phi) is 4.28. The molecule has 128 valence electrons. The molecule has 3 aromatic rings. The minimum absolute atomic E-state index is 0.226. The van der Waals surface area contributed by atoms with E-state index in [1.165, 1.54) is 0 Å². The molecule has 0 aliphatic rings. The van der Waals surface area contributed by atoms with E-state index in [0.29, 0.717) is 5.56 Å².